The predicted molar refractivity (Wildman–Crippen MR) is 81.8 cm³/mol. The lowest BCUT2D eigenvalue weighted by Gasteiger charge is -2.35. The summed E-state index contributed by atoms with van der Waals surface area (Å²) in [5, 5.41) is 0. The minimum Gasteiger partial charge on any atom is -0.492 e. The lowest BCUT2D eigenvalue weighted by Crippen LogP contribution is -2.40. The molecule has 1 aliphatic rings. The van der Waals surface area contributed by atoms with E-state index in [1.54, 1.807) is 0 Å². The summed E-state index contributed by atoms with van der Waals surface area (Å²) in [5.74, 6) is 0.611. The number of rotatable bonds is 5. The molecular formula is C13H16BrClO4S. The second-order valence-electron chi connectivity index (χ2n) is 5.01. The van der Waals surface area contributed by atoms with Gasteiger partial charge in [0.1, 0.15) is 5.75 Å². The van der Waals surface area contributed by atoms with Crippen molar-refractivity contribution in [3.05, 3.63) is 28.7 Å². The fourth-order valence-corrected chi connectivity index (χ4v) is 4.49. The van der Waals surface area contributed by atoms with Crippen molar-refractivity contribution in [1.29, 1.82) is 0 Å². The van der Waals surface area contributed by atoms with Gasteiger partial charge in [0.05, 0.1) is 16.8 Å². The fraction of sp³-hybridized carbons (Fsp3) is 0.538. The lowest BCUT2D eigenvalue weighted by atomic mass is 9.83. The Morgan fingerprint density at radius 3 is 2.55 bits per heavy atom. The van der Waals surface area contributed by atoms with Gasteiger partial charge in [0, 0.05) is 29.3 Å². The molecule has 1 aromatic rings. The SMILES string of the molecule is O=S(=O)(Cl)CC1(COc2ccccc2Br)CCOCC1. The van der Waals surface area contributed by atoms with Crippen LogP contribution in [0.25, 0.3) is 0 Å². The third kappa shape index (κ3) is 4.62. The summed E-state index contributed by atoms with van der Waals surface area (Å²) in [4.78, 5) is 0. The van der Waals surface area contributed by atoms with Crippen molar-refractivity contribution in [2.24, 2.45) is 5.41 Å². The first-order valence-electron chi connectivity index (χ1n) is 6.28. The van der Waals surface area contributed by atoms with Crippen LogP contribution < -0.4 is 4.74 Å². The first-order valence-corrected chi connectivity index (χ1v) is 9.55. The van der Waals surface area contributed by atoms with E-state index in [1.807, 2.05) is 24.3 Å². The molecule has 2 rings (SSSR count). The number of benzene rings is 1. The molecule has 0 spiro atoms. The van der Waals surface area contributed by atoms with Crippen LogP contribution in [0.1, 0.15) is 12.8 Å². The van der Waals surface area contributed by atoms with Gasteiger partial charge in [-0.15, -0.1) is 0 Å². The summed E-state index contributed by atoms with van der Waals surface area (Å²) in [5.41, 5.74) is -0.478. The van der Waals surface area contributed by atoms with Crippen LogP contribution in [0.4, 0.5) is 0 Å². The Kier molecular flexibility index (Phi) is 5.34. The van der Waals surface area contributed by atoms with E-state index < -0.39 is 14.5 Å². The highest BCUT2D eigenvalue weighted by molar-refractivity contribution is 9.10. The van der Waals surface area contributed by atoms with Crippen LogP contribution in [0.5, 0.6) is 5.75 Å². The topological polar surface area (TPSA) is 52.6 Å². The maximum Gasteiger partial charge on any atom is 0.233 e. The third-order valence-electron chi connectivity index (χ3n) is 3.40. The monoisotopic (exact) mass is 382 g/mol. The number of ether oxygens (including phenoxy) is 2. The van der Waals surface area contributed by atoms with Gasteiger partial charge in [-0.1, -0.05) is 12.1 Å². The van der Waals surface area contributed by atoms with Crippen LogP contribution in [0, 0.1) is 5.41 Å². The Morgan fingerprint density at radius 1 is 1.30 bits per heavy atom. The normalized spacial score (nSPS) is 18.7. The summed E-state index contributed by atoms with van der Waals surface area (Å²) in [6.07, 6.45) is 1.26. The fourth-order valence-electron chi connectivity index (χ4n) is 2.29. The van der Waals surface area contributed by atoms with Gasteiger partial charge in [-0.25, -0.2) is 8.42 Å². The van der Waals surface area contributed by atoms with Gasteiger partial charge in [0.25, 0.3) is 0 Å². The molecule has 4 nitrogen and oxygen atoms in total. The van der Waals surface area contributed by atoms with E-state index in [0.717, 1.165) is 4.47 Å². The zero-order chi connectivity index (χ0) is 14.6. The van der Waals surface area contributed by atoms with Gasteiger partial charge < -0.3 is 9.47 Å². The average molecular weight is 384 g/mol. The molecule has 0 atom stereocenters. The van der Waals surface area contributed by atoms with Crippen LogP contribution in [-0.2, 0) is 13.8 Å². The van der Waals surface area contributed by atoms with Crippen LogP contribution >= 0.6 is 26.6 Å². The van der Waals surface area contributed by atoms with Gasteiger partial charge >= 0.3 is 0 Å². The summed E-state index contributed by atoms with van der Waals surface area (Å²) in [6, 6.07) is 7.48. The number of halogens is 2. The predicted octanol–water partition coefficient (Wildman–Crippen LogP) is 3.19. The molecule has 1 aromatic carbocycles. The maximum atomic E-state index is 11.4. The van der Waals surface area contributed by atoms with E-state index in [-0.39, 0.29) is 5.75 Å². The largest absolute Gasteiger partial charge is 0.492 e. The summed E-state index contributed by atoms with van der Waals surface area (Å²) < 4.78 is 34.8. The molecule has 0 radical (unpaired) electrons. The zero-order valence-corrected chi connectivity index (χ0v) is 14.0. The Bertz CT molecular complexity index is 555. The molecule has 1 heterocycles. The lowest BCUT2D eigenvalue weighted by molar-refractivity contribution is 0.00214. The van der Waals surface area contributed by atoms with E-state index in [9.17, 15) is 8.42 Å². The molecule has 0 N–H and O–H groups in total. The number of hydrogen-bond donors (Lipinski definition) is 0. The molecule has 0 saturated carbocycles. The second-order valence-corrected chi connectivity index (χ2v) is 8.65. The smallest absolute Gasteiger partial charge is 0.233 e. The van der Waals surface area contributed by atoms with Crippen LogP contribution in [0.15, 0.2) is 28.7 Å². The van der Waals surface area contributed by atoms with Crippen LogP contribution in [0.2, 0.25) is 0 Å². The molecule has 0 amide bonds. The number of para-hydroxylation sites is 1. The first-order chi connectivity index (χ1) is 9.40. The van der Waals surface area contributed by atoms with Gasteiger partial charge in [0.2, 0.25) is 9.05 Å². The molecule has 112 valence electrons. The minimum atomic E-state index is -3.57. The molecule has 0 bridgehead atoms. The van der Waals surface area contributed by atoms with Crippen molar-refractivity contribution in [2.75, 3.05) is 25.6 Å². The summed E-state index contributed by atoms with van der Waals surface area (Å²) in [7, 11) is 1.86. The molecule has 7 heteroatoms. The maximum absolute atomic E-state index is 11.4. The number of hydrogen-bond acceptors (Lipinski definition) is 4. The molecule has 20 heavy (non-hydrogen) atoms. The Morgan fingerprint density at radius 2 is 1.95 bits per heavy atom. The average Bonchev–Trinajstić information content (AvgIpc) is 2.37. The highest BCUT2D eigenvalue weighted by atomic mass is 79.9. The molecule has 0 aromatic heterocycles. The summed E-state index contributed by atoms with van der Waals surface area (Å²) >= 11 is 3.41. The van der Waals surface area contributed by atoms with Crippen molar-refractivity contribution < 1.29 is 17.9 Å². The van der Waals surface area contributed by atoms with Gasteiger partial charge in [-0.05, 0) is 40.9 Å². The van der Waals surface area contributed by atoms with Crippen LogP contribution in [0.3, 0.4) is 0 Å². The highest BCUT2D eigenvalue weighted by Crippen LogP contribution is 2.35. The third-order valence-corrected chi connectivity index (χ3v) is 5.34. The van der Waals surface area contributed by atoms with E-state index >= 15 is 0 Å². The molecule has 1 aliphatic heterocycles. The molecule has 0 unspecified atom stereocenters. The van der Waals surface area contributed by atoms with Crippen molar-refractivity contribution in [3.63, 3.8) is 0 Å². The van der Waals surface area contributed by atoms with E-state index in [4.69, 9.17) is 20.2 Å². The molecule has 1 saturated heterocycles. The molecule has 0 aliphatic carbocycles. The summed E-state index contributed by atoms with van der Waals surface area (Å²) in [6.45, 7) is 1.38. The van der Waals surface area contributed by atoms with Gasteiger partial charge in [-0.2, -0.15) is 0 Å². The Balaban J connectivity index is 2.10. The Hall–Kier alpha value is -0.300. The second kappa shape index (κ2) is 6.64. The zero-order valence-electron chi connectivity index (χ0n) is 10.8. The molecular weight excluding hydrogens is 368 g/mol. The van der Waals surface area contributed by atoms with Crippen molar-refractivity contribution in [3.8, 4) is 5.75 Å². The van der Waals surface area contributed by atoms with Gasteiger partial charge in [0.15, 0.2) is 0 Å². The van der Waals surface area contributed by atoms with E-state index in [2.05, 4.69) is 15.9 Å². The van der Waals surface area contributed by atoms with Gasteiger partial charge in [-0.3, -0.25) is 0 Å². The van der Waals surface area contributed by atoms with Crippen molar-refractivity contribution in [1.82, 2.24) is 0 Å². The van der Waals surface area contributed by atoms with E-state index in [1.165, 1.54) is 0 Å². The Labute approximate surface area is 132 Å². The standard InChI is InChI=1S/C13H16BrClO4S/c14-11-3-1-2-4-12(11)19-9-13(10-20(15,16)17)5-7-18-8-6-13/h1-4H,5-10H2. The quantitative estimate of drug-likeness (QED) is 0.733. The van der Waals surface area contributed by atoms with Crippen molar-refractivity contribution >= 4 is 35.7 Å². The minimum absolute atomic E-state index is 0.0879. The van der Waals surface area contributed by atoms with Crippen LogP contribution in [-0.4, -0.2) is 34.0 Å². The van der Waals surface area contributed by atoms with E-state index in [0.29, 0.717) is 38.4 Å². The first kappa shape index (κ1) is 16.1. The highest BCUT2D eigenvalue weighted by Gasteiger charge is 2.37. The van der Waals surface area contributed by atoms with Crippen molar-refractivity contribution in [2.45, 2.75) is 12.8 Å². The molecule has 1 fully saturated rings.